The fraction of sp³-hybridized carbons (Fsp3) is 0.438. The van der Waals surface area contributed by atoms with Crippen molar-refractivity contribution in [3.63, 3.8) is 0 Å². The summed E-state index contributed by atoms with van der Waals surface area (Å²) in [4.78, 5) is 12.9. The normalized spacial score (nSPS) is 10.9. The van der Waals surface area contributed by atoms with E-state index in [4.69, 9.17) is 5.11 Å². The summed E-state index contributed by atoms with van der Waals surface area (Å²) >= 11 is 0. The molecule has 0 radical (unpaired) electrons. The summed E-state index contributed by atoms with van der Waals surface area (Å²) < 4.78 is 0. The van der Waals surface area contributed by atoms with Crippen molar-refractivity contribution in [2.75, 3.05) is 18.0 Å². The Kier molecular flexibility index (Phi) is 6.13. The maximum atomic E-state index is 10.5. The first-order chi connectivity index (χ1) is 9.08. The Hall–Kier alpha value is -1.77. The lowest BCUT2D eigenvalue weighted by atomic mass is 10.1. The molecule has 0 aliphatic carbocycles. The molecule has 3 heteroatoms. The van der Waals surface area contributed by atoms with Gasteiger partial charge in [-0.15, -0.1) is 0 Å². The third-order valence-corrected chi connectivity index (χ3v) is 3.19. The molecule has 0 aliphatic heterocycles. The molecular weight excluding hydrogens is 238 g/mol. The van der Waals surface area contributed by atoms with Crippen LogP contribution < -0.4 is 4.90 Å². The largest absolute Gasteiger partial charge is 0.478 e. The summed E-state index contributed by atoms with van der Waals surface area (Å²) in [6, 6.07) is 6.17. The van der Waals surface area contributed by atoms with Crippen LogP contribution in [0.1, 0.15) is 37.8 Å². The molecule has 1 N–H and O–H groups in total. The predicted octanol–water partition coefficient (Wildman–Crippen LogP) is 3.72. The van der Waals surface area contributed by atoms with Crippen LogP contribution in [0, 0.1) is 6.92 Å². The molecule has 0 spiro atoms. The number of nitrogens with zero attached hydrogens (tertiary/aromatic N) is 1. The van der Waals surface area contributed by atoms with Gasteiger partial charge in [0, 0.05) is 24.9 Å². The lowest BCUT2D eigenvalue weighted by molar-refractivity contribution is -0.131. The van der Waals surface area contributed by atoms with E-state index >= 15 is 0 Å². The van der Waals surface area contributed by atoms with Gasteiger partial charge in [0.1, 0.15) is 0 Å². The van der Waals surface area contributed by atoms with Crippen molar-refractivity contribution in [1.82, 2.24) is 0 Å². The van der Waals surface area contributed by atoms with Crippen molar-refractivity contribution in [3.05, 3.63) is 35.4 Å². The Labute approximate surface area is 115 Å². The molecule has 0 saturated carbocycles. The second-order valence-electron chi connectivity index (χ2n) is 4.65. The standard InChI is InChI=1S/C16H23NO2/c1-4-6-11-17(5-2)15-9-7-14(13(3)12-15)8-10-16(18)19/h7-10,12H,4-6,11H2,1-3H3,(H,18,19). The molecule has 0 heterocycles. The second kappa shape index (κ2) is 7.62. The molecule has 19 heavy (non-hydrogen) atoms. The minimum atomic E-state index is -0.915. The molecule has 0 unspecified atom stereocenters. The van der Waals surface area contributed by atoms with Gasteiger partial charge in [-0.05, 0) is 49.6 Å². The third kappa shape index (κ3) is 4.78. The number of carboxylic acids is 1. The highest BCUT2D eigenvalue weighted by Crippen LogP contribution is 2.20. The molecule has 0 aromatic heterocycles. The van der Waals surface area contributed by atoms with Crippen LogP contribution in [0.5, 0.6) is 0 Å². The Morgan fingerprint density at radius 1 is 1.37 bits per heavy atom. The lowest BCUT2D eigenvalue weighted by Crippen LogP contribution is -2.23. The van der Waals surface area contributed by atoms with Crippen LogP contribution in [0.15, 0.2) is 24.3 Å². The van der Waals surface area contributed by atoms with Gasteiger partial charge in [-0.25, -0.2) is 4.79 Å². The molecule has 0 atom stereocenters. The number of anilines is 1. The quantitative estimate of drug-likeness (QED) is 0.760. The smallest absolute Gasteiger partial charge is 0.328 e. The molecule has 1 aromatic rings. The van der Waals surface area contributed by atoms with Crippen molar-refractivity contribution in [2.24, 2.45) is 0 Å². The van der Waals surface area contributed by atoms with E-state index in [-0.39, 0.29) is 0 Å². The van der Waals surface area contributed by atoms with E-state index in [1.165, 1.54) is 24.6 Å². The van der Waals surface area contributed by atoms with E-state index < -0.39 is 5.97 Å². The van der Waals surface area contributed by atoms with E-state index in [9.17, 15) is 4.79 Å². The molecule has 0 amide bonds. The van der Waals surface area contributed by atoms with Gasteiger partial charge in [-0.1, -0.05) is 19.4 Å². The summed E-state index contributed by atoms with van der Waals surface area (Å²) in [5, 5.41) is 8.65. The van der Waals surface area contributed by atoms with Crippen molar-refractivity contribution >= 4 is 17.7 Å². The Morgan fingerprint density at radius 3 is 2.63 bits per heavy atom. The summed E-state index contributed by atoms with van der Waals surface area (Å²) in [6.45, 7) is 8.42. The van der Waals surface area contributed by atoms with Gasteiger partial charge in [0.15, 0.2) is 0 Å². The monoisotopic (exact) mass is 261 g/mol. The number of aryl methyl sites for hydroxylation is 1. The van der Waals surface area contributed by atoms with E-state index in [1.54, 1.807) is 6.08 Å². The summed E-state index contributed by atoms with van der Waals surface area (Å²) in [5.74, 6) is -0.915. The fourth-order valence-corrected chi connectivity index (χ4v) is 2.02. The van der Waals surface area contributed by atoms with E-state index in [1.807, 2.05) is 13.0 Å². The first-order valence-electron chi connectivity index (χ1n) is 6.85. The van der Waals surface area contributed by atoms with Crippen LogP contribution in [0.2, 0.25) is 0 Å². The molecular formula is C16H23NO2. The summed E-state index contributed by atoms with van der Waals surface area (Å²) in [7, 11) is 0. The molecule has 0 aliphatic rings. The zero-order valence-electron chi connectivity index (χ0n) is 12.0. The molecule has 0 bridgehead atoms. The molecule has 3 nitrogen and oxygen atoms in total. The average molecular weight is 261 g/mol. The van der Waals surface area contributed by atoms with E-state index in [0.29, 0.717) is 0 Å². The van der Waals surface area contributed by atoms with Crippen molar-refractivity contribution in [3.8, 4) is 0 Å². The number of hydrogen-bond donors (Lipinski definition) is 1. The van der Waals surface area contributed by atoms with Crippen LogP contribution in [-0.2, 0) is 4.79 Å². The zero-order valence-corrected chi connectivity index (χ0v) is 12.0. The summed E-state index contributed by atoms with van der Waals surface area (Å²) in [6.07, 6.45) is 5.20. The highest BCUT2D eigenvalue weighted by atomic mass is 16.4. The molecule has 0 fully saturated rings. The molecule has 104 valence electrons. The average Bonchev–Trinajstić information content (AvgIpc) is 2.38. The van der Waals surface area contributed by atoms with Crippen molar-refractivity contribution in [2.45, 2.75) is 33.6 Å². The number of carboxylic acid groups (broad SMARTS) is 1. The van der Waals surface area contributed by atoms with Gasteiger partial charge in [0.25, 0.3) is 0 Å². The van der Waals surface area contributed by atoms with E-state index in [0.717, 1.165) is 24.2 Å². The zero-order chi connectivity index (χ0) is 14.3. The number of hydrogen-bond acceptors (Lipinski definition) is 2. The maximum Gasteiger partial charge on any atom is 0.328 e. The van der Waals surface area contributed by atoms with Gasteiger partial charge >= 0.3 is 5.97 Å². The lowest BCUT2D eigenvalue weighted by Gasteiger charge is -2.23. The number of aliphatic carboxylic acids is 1. The Morgan fingerprint density at radius 2 is 2.11 bits per heavy atom. The van der Waals surface area contributed by atoms with Crippen LogP contribution in [0.3, 0.4) is 0 Å². The fourth-order valence-electron chi connectivity index (χ4n) is 2.02. The third-order valence-electron chi connectivity index (χ3n) is 3.19. The summed E-state index contributed by atoms with van der Waals surface area (Å²) in [5.41, 5.74) is 3.27. The van der Waals surface area contributed by atoms with Crippen LogP contribution >= 0.6 is 0 Å². The van der Waals surface area contributed by atoms with Gasteiger partial charge in [0.05, 0.1) is 0 Å². The van der Waals surface area contributed by atoms with Gasteiger partial charge in [-0.2, -0.15) is 0 Å². The van der Waals surface area contributed by atoms with Crippen LogP contribution in [0.25, 0.3) is 6.08 Å². The number of unbranched alkanes of at least 4 members (excludes halogenated alkanes) is 1. The second-order valence-corrected chi connectivity index (χ2v) is 4.65. The van der Waals surface area contributed by atoms with Gasteiger partial charge in [0.2, 0.25) is 0 Å². The highest BCUT2D eigenvalue weighted by Gasteiger charge is 2.05. The molecule has 1 aromatic carbocycles. The Bertz CT molecular complexity index is 452. The minimum absolute atomic E-state index is 0.915. The first kappa shape index (κ1) is 15.3. The van der Waals surface area contributed by atoms with Gasteiger partial charge < -0.3 is 10.0 Å². The minimum Gasteiger partial charge on any atom is -0.478 e. The maximum absolute atomic E-state index is 10.5. The highest BCUT2D eigenvalue weighted by molar-refractivity contribution is 5.85. The number of benzene rings is 1. The van der Waals surface area contributed by atoms with Gasteiger partial charge in [-0.3, -0.25) is 0 Å². The Balaban J connectivity index is 2.88. The SMILES string of the molecule is CCCCN(CC)c1ccc(C=CC(=O)O)c(C)c1. The van der Waals surface area contributed by atoms with Crippen molar-refractivity contribution in [1.29, 1.82) is 0 Å². The number of rotatable bonds is 7. The van der Waals surface area contributed by atoms with Crippen molar-refractivity contribution < 1.29 is 9.90 Å². The first-order valence-corrected chi connectivity index (χ1v) is 6.85. The molecule has 1 rings (SSSR count). The topological polar surface area (TPSA) is 40.5 Å². The number of carbonyl (C=O) groups is 1. The van der Waals surface area contributed by atoms with E-state index in [2.05, 4.69) is 30.9 Å². The van der Waals surface area contributed by atoms with Crippen LogP contribution in [0.4, 0.5) is 5.69 Å². The molecule has 0 saturated heterocycles. The predicted molar refractivity (Wildman–Crippen MR) is 80.6 cm³/mol. The van der Waals surface area contributed by atoms with Crippen LogP contribution in [-0.4, -0.2) is 24.2 Å².